The quantitative estimate of drug-likeness (QED) is 0.234. The first kappa shape index (κ1) is 39.0. The second-order valence-electron chi connectivity index (χ2n) is 3.15. The molecule has 124 valence electrons. The molecule has 10 nitrogen and oxygen atoms in total. The fourth-order valence-corrected chi connectivity index (χ4v) is 0.428. The predicted octanol–water partition coefficient (Wildman–Crippen LogP) is -9.88. The van der Waals surface area contributed by atoms with Crippen LogP contribution in [0, 0.1) is 0 Å². The van der Waals surface area contributed by atoms with Gasteiger partial charge in [0.2, 0.25) is 0 Å². The normalized spacial score (nSPS) is 7.22. The summed E-state index contributed by atoms with van der Waals surface area (Å²) in [5.41, 5.74) is 9.81. The third kappa shape index (κ3) is 70.8. The first-order valence-corrected chi connectivity index (χ1v) is 5.44. The van der Waals surface area contributed by atoms with Gasteiger partial charge in [-0.15, -0.1) is 0 Å². The minimum atomic E-state index is -1.08. The van der Waals surface area contributed by atoms with E-state index in [1.165, 1.54) is 0 Å². The molecule has 0 amide bonds. The summed E-state index contributed by atoms with van der Waals surface area (Å²) in [7, 11) is 0. The average Bonchev–Trinajstić information content (AvgIpc) is 2.35. The summed E-state index contributed by atoms with van der Waals surface area (Å²) in [5, 5.41) is 31.6. The number of carboxylic acids is 4. The van der Waals surface area contributed by atoms with E-state index in [2.05, 4.69) is 0 Å². The van der Waals surface area contributed by atoms with E-state index in [-0.39, 0.29) is 119 Å². The number of nitrogens with two attached hydrogens (primary N) is 2. The summed E-state index contributed by atoms with van der Waals surface area (Å²) in [4.78, 5) is 38.6. The molecule has 0 bridgehead atoms. The minimum Gasteiger partial charge on any atom is -1.00 e. The van der Waals surface area contributed by atoms with Gasteiger partial charge in [-0.1, -0.05) is 0 Å². The van der Waals surface area contributed by atoms with Crippen molar-refractivity contribution in [2.75, 3.05) is 13.1 Å². The summed E-state index contributed by atoms with van der Waals surface area (Å²) in [6.07, 6.45) is -1.19. The SMILES string of the molecule is NCCN.O=C(O)CCC(=O)O.O=C(O)CCC(=O)O.[H-].[H-].[H-].[Na+].[Na+].[Na+]. The topological polar surface area (TPSA) is 201 Å². The van der Waals surface area contributed by atoms with Gasteiger partial charge in [0, 0.05) is 13.1 Å². The molecule has 0 rings (SSSR count). The van der Waals surface area contributed by atoms with Crippen molar-refractivity contribution in [1.29, 1.82) is 0 Å². The summed E-state index contributed by atoms with van der Waals surface area (Å²) in [6.45, 7) is 1.19. The summed E-state index contributed by atoms with van der Waals surface area (Å²) >= 11 is 0. The zero-order valence-electron chi connectivity index (χ0n) is 16.8. The van der Waals surface area contributed by atoms with Gasteiger partial charge in [-0.05, 0) is 0 Å². The Labute approximate surface area is 204 Å². The molecule has 0 heterocycles. The van der Waals surface area contributed by atoms with E-state index in [1.807, 2.05) is 0 Å². The fourth-order valence-electron chi connectivity index (χ4n) is 0.428. The summed E-state index contributed by atoms with van der Waals surface area (Å²) in [5.74, 6) is -4.31. The number of rotatable bonds is 7. The molecule has 0 aliphatic rings. The first-order chi connectivity index (χ1) is 9.17. The summed E-state index contributed by atoms with van der Waals surface area (Å²) in [6, 6.07) is 0. The second-order valence-corrected chi connectivity index (χ2v) is 3.15. The Morgan fingerprint density at radius 3 is 0.739 bits per heavy atom. The van der Waals surface area contributed by atoms with Crippen LogP contribution in [0.15, 0.2) is 0 Å². The van der Waals surface area contributed by atoms with Crippen LogP contribution in [0.1, 0.15) is 30.0 Å². The van der Waals surface area contributed by atoms with Crippen LogP contribution < -0.4 is 100 Å². The van der Waals surface area contributed by atoms with Gasteiger partial charge < -0.3 is 36.2 Å². The maximum absolute atomic E-state index is 9.64. The Hall–Kier alpha value is 0.800. The van der Waals surface area contributed by atoms with Crippen LogP contribution in [0.2, 0.25) is 0 Å². The molecule has 0 spiro atoms. The summed E-state index contributed by atoms with van der Waals surface area (Å²) < 4.78 is 0. The molecule has 0 fully saturated rings. The van der Waals surface area contributed by atoms with E-state index < -0.39 is 23.9 Å². The van der Waals surface area contributed by atoms with Crippen molar-refractivity contribution < 1.29 is 133 Å². The third-order valence-electron chi connectivity index (χ3n) is 1.27. The van der Waals surface area contributed by atoms with Crippen LogP contribution in [0.4, 0.5) is 0 Å². The van der Waals surface area contributed by atoms with Gasteiger partial charge in [0.1, 0.15) is 0 Å². The van der Waals surface area contributed by atoms with Crippen molar-refractivity contribution >= 4 is 23.9 Å². The van der Waals surface area contributed by atoms with E-state index in [0.29, 0.717) is 13.1 Å². The van der Waals surface area contributed by atoms with E-state index in [1.54, 1.807) is 0 Å². The van der Waals surface area contributed by atoms with Crippen LogP contribution in [-0.4, -0.2) is 57.4 Å². The molecule has 0 aromatic rings. The minimum absolute atomic E-state index is 0. The monoisotopic (exact) mass is 368 g/mol. The Morgan fingerprint density at radius 2 is 0.696 bits per heavy atom. The molecule has 23 heavy (non-hydrogen) atoms. The zero-order valence-corrected chi connectivity index (χ0v) is 19.8. The van der Waals surface area contributed by atoms with E-state index >= 15 is 0 Å². The van der Waals surface area contributed by atoms with Crippen LogP contribution in [0.5, 0.6) is 0 Å². The molecular weight excluding hydrogens is 345 g/mol. The molecule has 8 N–H and O–H groups in total. The maximum atomic E-state index is 9.64. The smallest absolute Gasteiger partial charge is 1.00 e. The molecule has 0 aromatic carbocycles. The van der Waals surface area contributed by atoms with Crippen molar-refractivity contribution in [3.05, 3.63) is 0 Å². The van der Waals surface area contributed by atoms with Gasteiger partial charge in [-0.3, -0.25) is 19.2 Å². The van der Waals surface area contributed by atoms with Crippen LogP contribution in [-0.2, 0) is 19.2 Å². The fraction of sp³-hybridized carbons (Fsp3) is 0.600. The van der Waals surface area contributed by atoms with Gasteiger partial charge in [0.15, 0.2) is 0 Å². The molecule has 13 heteroatoms. The molecule has 0 saturated carbocycles. The van der Waals surface area contributed by atoms with Crippen LogP contribution in [0.25, 0.3) is 0 Å². The van der Waals surface area contributed by atoms with E-state index in [4.69, 9.17) is 31.9 Å². The molecule has 0 atom stereocenters. The van der Waals surface area contributed by atoms with Gasteiger partial charge in [-0.25, -0.2) is 0 Å². The second kappa shape index (κ2) is 30.7. The maximum Gasteiger partial charge on any atom is 1.00 e. The van der Waals surface area contributed by atoms with E-state index in [9.17, 15) is 19.2 Å². The standard InChI is InChI=1S/2C4H6O4.C2H8N2.3Na.3H/c2*5-3(6)1-2-4(7)8;3-1-2-4;;;;;;/h2*1-2H2,(H,5,6)(H,7,8);1-4H2;;;;;;/q;;;3*+1;3*-1. The molecular formula is C10H23N2Na3O8. The van der Waals surface area contributed by atoms with E-state index in [0.717, 1.165) is 0 Å². The van der Waals surface area contributed by atoms with Crippen LogP contribution in [0.3, 0.4) is 0 Å². The van der Waals surface area contributed by atoms with Gasteiger partial charge in [0.05, 0.1) is 25.7 Å². The number of aliphatic carboxylic acids is 4. The van der Waals surface area contributed by atoms with Crippen molar-refractivity contribution in [2.45, 2.75) is 25.7 Å². The van der Waals surface area contributed by atoms with Crippen molar-refractivity contribution in [2.24, 2.45) is 11.5 Å². The largest absolute Gasteiger partial charge is 1.00 e. The Morgan fingerprint density at radius 1 is 0.565 bits per heavy atom. The van der Waals surface area contributed by atoms with Crippen molar-refractivity contribution in [3.63, 3.8) is 0 Å². The number of carbonyl (C=O) groups is 4. The first-order valence-electron chi connectivity index (χ1n) is 5.44. The van der Waals surface area contributed by atoms with Gasteiger partial charge in [0.25, 0.3) is 0 Å². The number of hydrogen-bond donors (Lipinski definition) is 6. The Balaban J connectivity index is -0.0000000222. The van der Waals surface area contributed by atoms with Crippen LogP contribution >= 0.6 is 0 Å². The Bertz CT molecular complexity index is 274. The van der Waals surface area contributed by atoms with Crippen molar-refractivity contribution in [1.82, 2.24) is 0 Å². The Kier molecular flexibility index (Phi) is 52.0. The number of hydrogen-bond acceptors (Lipinski definition) is 6. The van der Waals surface area contributed by atoms with Gasteiger partial charge in [-0.2, -0.15) is 0 Å². The molecule has 0 saturated heterocycles. The van der Waals surface area contributed by atoms with Gasteiger partial charge >= 0.3 is 113 Å². The molecule has 0 aromatic heterocycles. The third-order valence-corrected chi connectivity index (χ3v) is 1.27. The average molecular weight is 368 g/mol. The molecule has 0 unspecified atom stereocenters. The van der Waals surface area contributed by atoms with Crippen molar-refractivity contribution in [3.8, 4) is 0 Å². The molecule has 0 aliphatic heterocycles. The number of carboxylic acid groups (broad SMARTS) is 4. The predicted molar refractivity (Wildman–Crippen MR) is 70.5 cm³/mol. The zero-order chi connectivity index (χ0) is 16.6. The molecule has 0 aliphatic carbocycles. The molecule has 0 radical (unpaired) electrons.